The smallest absolute Gasteiger partial charge is 0.220 e. The molecule has 3 heteroatoms. The van der Waals surface area contributed by atoms with Gasteiger partial charge in [-0.1, -0.05) is 13.3 Å². The SMILES string of the molecule is [CH2]CCC(CCO)C(N)=O. The first-order valence-electron chi connectivity index (χ1n) is 3.41. The van der Waals surface area contributed by atoms with E-state index >= 15 is 0 Å². The van der Waals surface area contributed by atoms with Gasteiger partial charge in [-0.3, -0.25) is 4.79 Å². The molecule has 10 heavy (non-hydrogen) atoms. The van der Waals surface area contributed by atoms with Crippen LogP contribution >= 0.6 is 0 Å². The molecule has 0 aromatic heterocycles. The number of aliphatic hydroxyl groups is 1. The Bertz CT molecular complexity index is 97.8. The Labute approximate surface area is 61.2 Å². The van der Waals surface area contributed by atoms with Crippen LogP contribution in [0, 0.1) is 12.8 Å². The molecule has 0 spiro atoms. The summed E-state index contributed by atoms with van der Waals surface area (Å²) < 4.78 is 0. The topological polar surface area (TPSA) is 63.3 Å². The zero-order chi connectivity index (χ0) is 7.98. The normalized spacial score (nSPS) is 13.0. The average molecular weight is 144 g/mol. The number of aliphatic hydroxyl groups excluding tert-OH is 1. The fraction of sp³-hybridized carbons (Fsp3) is 0.714. The predicted octanol–water partition coefficient (Wildman–Crippen LogP) is 0.0846. The van der Waals surface area contributed by atoms with Crippen LogP contribution in [0.4, 0.5) is 0 Å². The van der Waals surface area contributed by atoms with E-state index in [4.69, 9.17) is 10.8 Å². The third-order valence-electron chi connectivity index (χ3n) is 1.43. The van der Waals surface area contributed by atoms with E-state index in [-0.39, 0.29) is 18.4 Å². The molecule has 0 aromatic carbocycles. The van der Waals surface area contributed by atoms with E-state index in [0.29, 0.717) is 19.3 Å². The minimum absolute atomic E-state index is 0.0214. The molecule has 0 fully saturated rings. The van der Waals surface area contributed by atoms with Crippen molar-refractivity contribution in [3.63, 3.8) is 0 Å². The van der Waals surface area contributed by atoms with Gasteiger partial charge in [-0.15, -0.1) is 0 Å². The van der Waals surface area contributed by atoms with Crippen molar-refractivity contribution in [3.8, 4) is 0 Å². The first-order chi connectivity index (χ1) is 4.72. The van der Waals surface area contributed by atoms with Crippen LogP contribution in [0.3, 0.4) is 0 Å². The minimum atomic E-state index is -0.335. The number of carbonyl (C=O) groups excluding carboxylic acids is 1. The van der Waals surface area contributed by atoms with Crippen LogP contribution < -0.4 is 5.73 Å². The van der Waals surface area contributed by atoms with Gasteiger partial charge in [0.1, 0.15) is 0 Å². The first-order valence-corrected chi connectivity index (χ1v) is 3.41. The molecule has 0 aromatic rings. The van der Waals surface area contributed by atoms with Crippen molar-refractivity contribution >= 4 is 5.91 Å². The first kappa shape index (κ1) is 9.43. The van der Waals surface area contributed by atoms with Crippen molar-refractivity contribution in [1.29, 1.82) is 0 Å². The Morgan fingerprint density at radius 1 is 1.60 bits per heavy atom. The average Bonchev–Trinajstić information content (AvgIpc) is 1.87. The van der Waals surface area contributed by atoms with E-state index in [1.165, 1.54) is 0 Å². The Hall–Kier alpha value is -0.570. The molecule has 0 aliphatic heterocycles. The Morgan fingerprint density at radius 2 is 2.20 bits per heavy atom. The standard InChI is InChI=1S/C7H14NO2/c1-2-3-6(4-5-9)7(8)10/h6,9H,1-5H2,(H2,8,10). The van der Waals surface area contributed by atoms with Gasteiger partial charge in [-0.2, -0.15) is 0 Å². The second kappa shape index (κ2) is 5.23. The van der Waals surface area contributed by atoms with Gasteiger partial charge < -0.3 is 10.8 Å². The molecule has 1 atom stereocenters. The number of nitrogens with two attached hydrogens (primary N) is 1. The van der Waals surface area contributed by atoms with Gasteiger partial charge in [0.25, 0.3) is 0 Å². The van der Waals surface area contributed by atoms with E-state index in [2.05, 4.69) is 6.92 Å². The molecule has 1 amide bonds. The highest BCUT2D eigenvalue weighted by Gasteiger charge is 2.12. The highest BCUT2D eigenvalue weighted by molar-refractivity contribution is 5.76. The van der Waals surface area contributed by atoms with E-state index in [9.17, 15) is 4.79 Å². The summed E-state index contributed by atoms with van der Waals surface area (Å²) in [6.07, 6.45) is 1.83. The molecule has 1 radical (unpaired) electrons. The van der Waals surface area contributed by atoms with Crippen molar-refractivity contribution in [2.24, 2.45) is 11.7 Å². The summed E-state index contributed by atoms with van der Waals surface area (Å²) in [7, 11) is 0. The third-order valence-corrected chi connectivity index (χ3v) is 1.43. The number of amides is 1. The number of primary amides is 1. The van der Waals surface area contributed by atoms with Crippen LogP contribution in [0.2, 0.25) is 0 Å². The molecule has 3 nitrogen and oxygen atoms in total. The number of rotatable bonds is 5. The minimum Gasteiger partial charge on any atom is -0.396 e. The molecule has 3 N–H and O–H groups in total. The molecular weight excluding hydrogens is 130 g/mol. The second-order valence-electron chi connectivity index (χ2n) is 2.25. The van der Waals surface area contributed by atoms with Crippen LogP contribution in [-0.2, 0) is 4.79 Å². The molecular formula is C7H14NO2. The van der Waals surface area contributed by atoms with Crippen molar-refractivity contribution in [2.75, 3.05) is 6.61 Å². The van der Waals surface area contributed by atoms with Crippen LogP contribution in [0.15, 0.2) is 0 Å². The van der Waals surface area contributed by atoms with Crippen LogP contribution in [0.25, 0.3) is 0 Å². The van der Waals surface area contributed by atoms with E-state index in [1.807, 2.05) is 0 Å². The van der Waals surface area contributed by atoms with Gasteiger partial charge in [0.05, 0.1) is 0 Å². The van der Waals surface area contributed by atoms with Crippen molar-refractivity contribution in [2.45, 2.75) is 19.3 Å². The van der Waals surface area contributed by atoms with Crippen molar-refractivity contribution in [3.05, 3.63) is 6.92 Å². The quantitative estimate of drug-likeness (QED) is 0.574. The predicted molar refractivity (Wildman–Crippen MR) is 39.0 cm³/mol. The highest BCUT2D eigenvalue weighted by Crippen LogP contribution is 2.08. The van der Waals surface area contributed by atoms with Gasteiger partial charge >= 0.3 is 0 Å². The number of carbonyl (C=O) groups is 1. The Morgan fingerprint density at radius 3 is 2.50 bits per heavy atom. The maximum atomic E-state index is 10.6. The molecule has 0 aliphatic rings. The molecule has 0 aliphatic carbocycles. The lowest BCUT2D eigenvalue weighted by Crippen LogP contribution is -2.23. The summed E-state index contributed by atoms with van der Waals surface area (Å²) in [6.45, 7) is 3.62. The lowest BCUT2D eigenvalue weighted by molar-refractivity contribution is -0.122. The lowest BCUT2D eigenvalue weighted by Gasteiger charge is -2.08. The fourth-order valence-electron chi connectivity index (χ4n) is 0.831. The summed E-state index contributed by atoms with van der Waals surface area (Å²) in [5, 5.41) is 8.48. The molecule has 0 rings (SSSR count). The summed E-state index contributed by atoms with van der Waals surface area (Å²) in [5.74, 6) is -0.528. The third kappa shape index (κ3) is 3.45. The molecule has 0 bridgehead atoms. The second-order valence-corrected chi connectivity index (χ2v) is 2.25. The summed E-state index contributed by atoms with van der Waals surface area (Å²) in [4.78, 5) is 10.6. The molecule has 59 valence electrons. The molecule has 0 saturated carbocycles. The van der Waals surface area contributed by atoms with E-state index in [0.717, 1.165) is 0 Å². The van der Waals surface area contributed by atoms with Crippen LogP contribution in [0.1, 0.15) is 19.3 Å². The molecule has 1 unspecified atom stereocenters. The van der Waals surface area contributed by atoms with Gasteiger partial charge in [0.2, 0.25) is 5.91 Å². The number of hydrogen-bond donors (Lipinski definition) is 2. The monoisotopic (exact) mass is 144 g/mol. The van der Waals surface area contributed by atoms with Gasteiger partial charge in [-0.25, -0.2) is 0 Å². The maximum absolute atomic E-state index is 10.6. The zero-order valence-corrected chi connectivity index (χ0v) is 6.05. The largest absolute Gasteiger partial charge is 0.396 e. The summed E-state index contributed by atoms with van der Waals surface area (Å²) in [5.41, 5.74) is 5.03. The molecule has 0 heterocycles. The van der Waals surface area contributed by atoms with E-state index in [1.54, 1.807) is 0 Å². The Kier molecular flexibility index (Phi) is 4.94. The van der Waals surface area contributed by atoms with Crippen LogP contribution in [0.5, 0.6) is 0 Å². The highest BCUT2D eigenvalue weighted by atomic mass is 16.3. The lowest BCUT2D eigenvalue weighted by atomic mass is 10.00. The summed E-state index contributed by atoms with van der Waals surface area (Å²) in [6, 6.07) is 0. The Balaban J connectivity index is 3.61. The van der Waals surface area contributed by atoms with Gasteiger partial charge in [-0.05, 0) is 12.8 Å². The summed E-state index contributed by atoms with van der Waals surface area (Å²) >= 11 is 0. The maximum Gasteiger partial charge on any atom is 0.220 e. The van der Waals surface area contributed by atoms with Crippen molar-refractivity contribution in [1.82, 2.24) is 0 Å². The number of hydrogen-bond acceptors (Lipinski definition) is 2. The molecule has 0 saturated heterocycles. The van der Waals surface area contributed by atoms with Gasteiger partial charge in [0, 0.05) is 12.5 Å². The van der Waals surface area contributed by atoms with Crippen molar-refractivity contribution < 1.29 is 9.90 Å². The zero-order valence-electron chi connectivity index (χ0n) is 6.05. The van der Waals surface area contributed by atoms with Gasteiger partial charge in [0.15, 0.2) is 0 Å². The van der Waals surface area contributed by atoms with Crippen LogP contribution in [-0.4, -0.2) is 17.6 Å². The van der Waals surface area contributed by atoms with E-state index < -0.39 is 0 Å². The fourth-order valence-corrected chi connectivity index (χ4v) is 0.831.